The van der Waals surface area contributed by atoms with Crippen LogP contribution in [0, 0.1) is 18.7 Å². The molecule has 118 valence electrons. The Bertz CT molecular complexity index is 653. The first-order valence-electron chi connectivity index (χ1n) is 6.88. The summed E-state index contributed by atoms with van der Waals surface area (Å²) in [4.78, 5) is 17.5. The molecule has 1 aliphatic heterocycles. The largest absolute Gasteiger partial charge is 0.316 e. The SMILES string of the molecule is Cc1sc(NC(=O)C2CCNC2)nc1-c1ccc(F)cc1.Cl. The van der Waals surface area contributed by atoms with Gasteiger partial charge in [0.25, 0.3) is 0 Å². The fourth-order valence-corrected chi connectivity index (χ4v) is 3.25. The molecule has 2 aromatic rings. The van der Waals surface area contributed by atoms with Gasteiger partial charge in [-0.3, -0.25) is 4.79 Å². The van der Waals surface area contributed by atoms with E-state index >= 15 is 0 Å². The summed E-state index contributed by atoms with van der Waals surface area (Å²) in [6.07, 6.45) is 0.862. The van der Waals surface area contributed by atoms with Crippen LogP contribution in [-0.4, -0.2) is 24.0 Å². The van der Waals surface area contributed by atoms with E-state index in [-0.39, 0.29) is 30.0 Å². The molecule has 1 saturated heterocycles. The van der Waals surface area contributed by atoms with Crippen LogP contribution in [0.2, 0.25) is 0 Å². The number of amides is 1. The van der Waals surface area contributed by atoms with Crippen molar-refractivity contribution in [1.82, 2.24) is 10.3 Å². The third-order valence-corrected chi connectivity index (χ3v) is 4.46. The minimum absolute atomic E-state index is 0. The van der Waals surface area contributed by atoms with Crippen molar-refractivity contribution in [2.75, 3.05) is 18.4 Å². The number of aromatic nitrogens is 1. The summed E-state index contributed by atoms with van der Waals surface area (Å²) in [6, 6.07) is 6.22. The number of carbonyl (C=O) groups is 1. The zero-order chi connectivity index (χ0) is 14.8. The Labute approximate surface area is 138 Å². The number of rotatable bonds is 3. The summed E-state index contributed by atoms with van der Waals surface area (Å²) in [7, 11) is 0. The number of halogens is 2. The van der Waals surface area contributed by atoms with Gasteiger partial charge in [0.1, 0.15) is 5.82 Å². The van der Waals surface area contributed by atoms with Crippen LogP contribution >= 0.6 is 23.7 Å². The number of nitrogens with zero attached hydrogens (tertiary/aromatic N) is 1. The Morgan fingerprint density at radius 1 is 1.41 bits per heavy atom. The van der Waals surface area contributed by atoms with Gasteiger partial charge in [-0.1, -0.05) is 0 Å². The lowest BCUT2D eigenvalue weighted by atomic mass is 10.1. The number of anilines is 1. The molecule has 7 heteroatoms. The lowest BCUT2D eigenvalue weighted by Gasteiger charge is -2.06. The van der Waals surface area contributed by atoms with E-state index in [1.807, 2.05) is 6.92 Å². The molecule has 2 N–H and O–H groups in total. The molecular formula is C15H17ClFN3OS. The van der Waals surface area contributed by atoms with E-state index in [4.69, 9.17) is 0 Å². The second-order valence-electron chi connectivity index (χ2n) is 5.11. The summed E-state index contributed by atoms with van der Waals surface area (Å²) in [5.74, 6) is -0.239. The summed E-state index contributed by atoms with van der Waals surface area (Å²) in [5.41, 5.74) is 1.65. The van der Waals surface area contributed by atoms with E-state index in [1.165, 1.54) is 23.5 Å². The molecule has 4 nitrogen and oxygen atoms in total. The number of thiazole rings is 1. The van der Waals surface area contributed by atoms with Crippen molar-refractivity contribution >= 4 is 34.8 Å². The molecule has 1 amide bonds. The molecular weight excluding hydrogens is 325 g/mol. The van der Waals surface area contributed by atoms with Gasteiger partial charge < -0.3 is 10.6 Å². The normalized spacial score (nSPS) is 17.1. The first-order chi connectivity index (χ1) is 10.1. The van der Waals surface area contributed by atoms with Crippen LogP contribution in [0.5, 0.6) is 0 Å². The van der Waals surface area contributed by atoms with Crippen LogP contribution in [0.1, 0.15) is 11.3 Å². The number of benzene rings is 1. The highest BCUT2D eigenvalue weighted by Gasteiger charge is 2.23. The lowest BCUT2D eigenvalue weighted by Crippen LogP contribution is -2.24. The van der Waals surface area contributed by atoms with E-state index in [0.29, 0.717) is 5.13 Å². The van der Waals surface area contributed by atoms with Crippen molar-refractivity contribution in [3.63, 3.8) is 0 Å². The van der Waals surface area contributed by atoms with Gasteiger partial charge in [-0.2, -0.15) is 0 Å². The minimum Gasteiger partial charge on any atom is -0.316 e. The number of nitrogens with one attached hydrogen (secondary N) is 2. The van der Waals surface area contributed by atoms with Crippen LogP contribution in [0.4, 0.5) is 9.52 Å². The summed E-state index contributed by atoms with van der Waals surface area (Å²) < 4.78 is 13.0. The number of aryl methyl sites for hydroxylation is 1. The number of hydrogen-bond acceptors (Lipinski definition) is 4. The lowest BCUT2D eigenvalue weighted by molar-refractivity contribution is -0.119. The number of hydrogen-bond donors (Lipinski definition) is 2. The van der Waals surface area contributed by atoms with Crippen molar-refractivity contribution in [1.29, 1.82) is 0 Å². The highest BCUT2D eigenvalue weighted by molar-refractivity contribution is 7.16. The molecule has 1 fully saturated rings. The van der Waals surface area contributed by atoms with Gasteiger partial charge in [0.15, 0.2) is 5.13 Å². The second-order valence-corrected chi connectivity index (χ2v) is 6.31. The van der Waals surface area contributed by atoms with Crippen LogP contribution in [-0.2, 0) is 4.79 Å². The predicted octanol–water partition coefficient (Wildman–Crippen LogP) is 3.23. The Kier molecular flexibility index (Phi) is 5.50. The van der Waals surface area contributed by atoms with Gasteiger partial charge in [0, 0.05) is 17.0 Å². The van der Waals surface area contributed by atoms with Gasteiger partial charge in [-0.15, -0.1) is 23.7 Å². The molecule has 2 heterocycles. The van der Waals surface area contributed by atoms with E-state index in [9.17, 15) is 9.18 Å². The molecule has 1 atom stereocenters. The van der Waals surface area contributed by atoms with Crippen LogP contribution in [0.25, 0.3) is 11.3 Å². The molecule has 1 aromatic carbocycles. The monoisotopic (exact) mass is 341 g/mol. The molecule has 1 aliphatic rings. The predicted molar refractivity (Wildman–Crippen MR) is 89.1 cm³/mol. The molecule has 3 rings (SSSR count). The Balaban J connectivity index is 0.00000176. The molecule has 0 saturated carbocycles. The number of carbonyl (C=O) groups excluding carboxylic acids is 1. The molecule has 1 aromatic heterocycles. The quantitative estimate of drug-likeness (QED) is 0.901. The summed E-state index contributed by atoms with van der Waals surface area (Å²) in [6.45, 7) is 3.56. The van der Waals surface area contributed by atoms with Gasteiger partial charge in [0.2, 0.25) is 5.91 Å². The third-order valence-electron chi connectivity index (χ3n) is 3.58. The van der Waals surface area contributed by atoms with Crippen LogP contribution in [0.15, 0.2) is 24.3 Å². The van der Waals surface area contributed by atoms with Crippen molar-refractivity contribution < 1.29 is 9.18 Å². The van der Waals surface area contributed by atoms with Crippen LogP contribution < -0.4 is 10.6 Å². The molecule has 1 unspecified atom stereocenters. The van der Waals surface area contributed by atoms with Gasteiger partial charge >= 0.3 is 0 Å². The first-order valence-corrected chi connectivity index (χ1v) is 7.70. The maximum Gasteiger partial charge on any atom is 0.230 e. The zero-order valence-electron chi connectivity index (χ0n) is 12.1. The molecule has 0 spiro atoms. The smallest absolute Gasteiger partial charge is 0.230 e. The van der Waals surface area contributed by atoms with Crippen molar-refractivity contribution in [2.45, 2.75) is 13.3 Å². The third kappa shape index (κ3) is 3.63. The van der Waals surface area contributed by atoms with Gasteiger partial charge in [0.05, 0.1) is 11.6 Å². The zero-order valence-corrected chi connectivity index (χ0v) is 13.7. The average molecular weight is 342 g/mol. The van der Waals surface area contributed by atoms with Crippen molar-refractivity contribution in [3.05, 3.63) is 35.0 Å². The fourth-order valence-electron chi connectivity index (χ4n) is 2.41. The molecule has 0 bridgehead atoms. The Morgan fingerprint density at radius 3 is 2.77 bits per heavy atom. The highest BCUT2D eigenvalue weighted by Crippen LogP contribution is 2.30. The molecule has 0 aliphatic carbocycles. The van der Waals surface area contributed by atoms with Gasteiger partial charge in [-0.05, 0) is 44.2 Å². The van der Waals surface area contributed by atoms with E-state index < -0.39 is 0 Å². The first kappa shape index (κ1) is 16.9. The maximum absolute atomic E-state index is 13.0. The topological polar surface area (TPSA) is 54.0 Å². The van der Waals surface area contributed by atoms with Gasteiger partial charge in [-0.25, -0.2) is 9.37 Å². The maximum atomic E-state index is 13.0. The molecule has 0 radical (unpaired) electrons. The average Bonchev–Trinajstić information content (AvgIpc) is 3.10. The second kappa shape index (κ2) is 7.17. The fraction of sp³-hybridized carbons (Fsp3) is 0.333. The van der Waals surface area contributed by atoms with E-state index in [2.05, 4.69) is 15.6 Å². The van der Waals surface area contributed by atoms with E-state index in [1.54, 1.807) is 12.1 Å². The Morgan fingerprint density at radius 2 is 2.14 bits per heavy atom. The minimum atomic E-state index is -0.270. The van der Waals surface area contributed by atoms with E-state index in [0.717, 1.165) is 35.6 Å². The van der Waals surface area contributed by atoms with Crippen molar-refractivity contribution in [2.24, 2.45) is 5.92 Å². The Hall–Kier alpha value is -1.50. The van der Waals surface area contributed by atoms with Crippen LogP contribution in [0.3, 0.4) is 0 Å². The molecule has 22 heavy (non-hydrogen) atoms. The standard InChI is InChI=1S/C15H16FN3OS.ClH/c1-9-13(10-2-4-12(16)5-3-10)18-15(21-9)19-14(20)11-6-7-17-8-11;/h2-5,11,17H,6-8H2,1H3,(H,18,19,20);1H. The summed E-state index contributed by atoms with van der Waals surface area (Å²) in [5, 5.41) is 6.65. The highest BCUT2D eigenvalue weighted by atomic mass is 35.5. The van der Waals surface area contributed by atoms with Crippen molar-refractivity contribution in [3.8, 4) is 11.3 Å². The summed E-state index contributed by atoms with van der Waals surface area (Å²) >= 11 is 1.44.